The number of rotatable bonds is 7. The van der Waals surface area contributed by atoms with E-state index in [2.05, 4.69) is 10.3 Å². The van der Waals surface area contributed by atoms with Gasteiger partial charge < -0.3 is 10.4 Å². The summed E-state index contributed by atoms with van der Waals surface area (Å²) in [4.78, 5) is 35.8. The first-order valence-electron chi connectivity index (χ1n) is 9.14. The molecule has 3 aromatic rings. The van der Waals surface area contributed by atoms with Crippen molar-refractivity contribution in [1.82, 2.24) is 14.6 Å². The third-order valence-electron chi connectivity index (χ3n) is 4.40. The van der Waals surface area contributed by atoms with Gasteiger partial charge in [-0.3, -0.25) is 24.0 Å². The largest absolute Gasteiger partial charge is 0.394 e. The molecule has 0 atom stereocenters. The molecule has 0 fully saturated rings. The SMILES string of the molecule is CCN(OCCO)C(=O)c1c(Nc2ccc(I)cc2F)n(C)c(=O)c2cccnc12. The highest BCUT2D eigenvalue weighted by atomic mass is 127. The van der Waals surface area contributed by atoms with Gasteiger partial charge in [0.1, 0.15) is 17.2 Å². The zero-order valence-electron chi connectivity index (χ0n) is 16.4. The second-order valence-corrected chi connectivity index (χ2v) is 7.54. The molecule has 3 rings (SSSR count). The predicted molar refractivity (Wildman–Crippen MR) is 119 cm³/mol. The number of amides is 1. The van der Waals surface area contributed by atoms with Gasteiger partial charge >= 0.3 is 0 Å². The minimum atomic E-state index is -0.571. The van der Waals surface area contributed by atoms with Crippen LogP contribution in [0, 0.1) is 9.39 Å². The van der Waals surface area contributed by atoms with Crippen LogP contribution in [0.5, 0.6) is 0 Å². The third-order valence-corrected chi connectivity index (χ3v) is 5.07. The Labute approximate surface area is 185 Å². The second kappa shape index (κ2) is 9.49. The molecular formula is C20H20FIN4O4. The van der Waals surface area contributed by atoms with Gasteiger partial charge in [0.15, 0.2) is 0 Å². The molecule has 0 radical (unpaired) electrons. The highest BCUT2D eigenvalue weighted by Crippen LogP contribution is 2.28. The highest BCUT2D eigenvalue weighted by Gasteiger charge is 2.26. The van der Waals surface area contributed by atoms with Crippen molar-refractivity contribution in [2.75, 3.05) is 25.1 Å². The molecular weight excluding hydrogens is 506 g/mol. The van der Waals surface area contributed by atoms with Crippen LogP contribution in [0.2, 0.25) is 0 Å². The van der Waals surface area contributed by atoms with E-state index in [1.807, 2.05) is 22.6 Å². The number of carbonyl (C=O) groups is 1. The Hall–Kier alpha value is -2.57. The summed E-state index contributed by atoms with van der Waals surface area (Å²) in [5.41, 5.74) is -0.0491. The van der Waals surface area contributed by atoms with Crippen LogP contribution in [-0.2, 0) is 11.9 Å². The molecule has 158 valence electrons. The van der Waals surface area contributed by atoms with Gasteiger partial charge in [-0.25, -0.2) is 9.45 Å². The van der Waals surface area contributed by atoms with E-state index >= 15 is 0 Å². The minimum absolute atomic E-state index is 0.0606. The molecule has 2 heterocycles. The number of hydrogen-bond acceptors (Lipinski definition) is 6. The monoisotopic (exact) mass is 526 g/mol. The molecule has 1 amide bonds. The Balaban J connectivity index is 2.24. The van der Waals surface area contributed by atoms with E-state index in [0.717, 1.165) is 5.06 Å². The van der Waals surface area contributed by atoms with Crippen molar-refractivity contribution in [3.63, 3.8) is 0 Å². The lowest BCUT2D eigenvalue weighted by Crippen LogP contribution is -2.34. The fraction of sp³-hybridized carbons (Fsp3) is 0.250. The summed E-state index contributed by atoms with van der Waals surface area (Å²) in [7, 11) is 1.49. The maximum atomic E-state index is 14.5. The van der Waals surface area contributed by atoms with Crippen molar-refractivity contribution in [3.05, 3.63) is 61.8 Å². The molecule has 0 unspecified atom stereocenters. The first-order chi connectivity index (χ1) is 14.4. The Bertz CT molecular complexity index is 1150. The maximum absolute atomic E-state index is 14.5. The van der Waals surface area contributed by atoms with E-state index in [0.29, 0.717) is 3.57 Å². The summed E-state index contributed by atoms with van der Waals surface area (Å²) in [6, 6.07) is 7.74. The van der Waals surface area contributed by atoms with Gasteiger partial charge in [0.25, 0.3) is 11.5 Å². The quantitative estimate of drug-likeness (QED) is 0.363. The third kappa shape index (κ3) is 4.30. The average molecular weight is 526 g/mol. The number of halogens is 2. The first-order valence-corrected chi connectivity index (χ1v) is 10.2. The molecule has 8 nitrogen and oxygen atoms in total. The summed E-state index contributed by atoms with van der Waals surface area (Å²) < 4.78 is 16.4. The summed E-state index contributed by atoms with van der Waals surface area (Å²) in [5, 5.41) is 13.2. The lowest BCUT2D eigenvalue weighted by atomic mass is 10.1. The van der Waals surface area contributed by atoms with Gasteiger partial charge in [0, 0.05) is 23.4 Å². The minimum Gasteiger partial charge on any atom is -0.394 e. The zero-order chi connectivity index (χ0) is 21.8. The molecule has 0 aliphatic heterocycles. The summed E-state index contributed by atoms with van der Waals surface area (Å²) in [6.45, 7) is 1.55. The Morgan fingerprint density at radius 1 is 1.40 bits per heavy atom. The number of hydroxylamine groups is 2. The summed E-state index contributed by atoms with van der Waals surface area (Å²) >= 11 is 1.99. The molecule has 0 spiro atoms. The van der Waals surface area contributed by atoms with Crippen LogP contribution in [0.25, 0.3) is 10.9 Å². The lowest BCUT2D eigenvalue weighted by molar-refractivity contribution is -0.128. The van der Waals surface area contributed by atoms with Gasteiger partial charge in [0.2, 0.25) is 0 Å². The predicted octanol–water partition coefficient (Wildman–Crippen LogP) is 2.81. The van der Waals surface area contributed by atoms with Crippen molar-refractivity contribution in [2.24, 2.45) is 7.05 Å². The van der Waals surface area contributed by atoms with Crippen molar-refractivity contribution in [3.8, 4) is 0 Å². The molecule has 1 aromatic carbocycles. The van der Waals surface area contributed by atoms with E-state index in [1.54, 1.807) is 25.1 Å². The van der Waals surface area contributed by atoms with Crippen molar-refractivity contribution >= 4 is 50.9 Å². The van der Waals surface area contributed by atoms with Crippen LogP contribution in [-0.4, -0.2) is 45.4 Å². The fourth-order valence-electron chi connectivity index (χ4n) is 2.98. The number of aliphatic hydroxyl groups excluding tert-OH is 1. The lowest BCUT2D eigenvalue weighted by Gasteiger charge is -2.23. The number of fused-ring (bicyclic) bond motifs is 1. The molecule has 0 saturated heterocycles. The highest BCUT2D eigenvalue weighted by molar-refractivity contribution is 14.1. The smallest absolute Gasteiger partial charge is 0.283 e. The van der Waals surface area contributed by atoms with Crippen LogP contribution in [0.15, 0.2) is 41.3 Å². The number of nitrogens with zero attached hydrogens (tertiary/aromatic N) is 3. The number of hydrogen-bond donors (Lipinski definition) is 2. The number of aliphatic hydroxyl groups is 1. The number of benzene rings is 1. The van der Waals surface area contributed by atoms with Crippen LogP contribution in [0.4, 0.5) is 15.9 Å². The molecule has 10 heteroatoms. The van der Waals surface area contributed by atoms with Gasteiger partial charge in [-0.15, -0.1) is 0 Å². The van der Waals surface area contributed by atoms with E-state index < -0.39 is 11.7 Å². The van der Waals surface area contributed by atoms with E-state index in [4.69, 9.17) is 9.94 Å². The number of pyridine rings is 2. The van der Waals surface area contributed by atoms with E-state index in [1.165, 1.54) is 29.9 Å². The molecule has 0 bridgehead atoms. The van der Waals surface area contributed by atoms with Gasteiger partial charge in [0.05, 0.1) is 29.8 Å². The van der Waals surface area contributed by atoms with Crippen LogP contribution in [0.1, 0.15) is 17.3 Å². The maximum Gasteiger partial charge on any atom is 0.283 e. The number of nitrogens with one attached hydrogen (secondary N) is 1. The summed E-state index contributed by atoms with van der Waals surface area (Å²) in [6.07, 6.45) is 1.47. The standard InChI is InChI=1S/C20H20FIN4O4/c1-3-26(30-10-9-27)20(29)16-17-13(5-4-8-23-17)19(28)25(2)18(16)24-15-7-6-12(22)11-14(15)21/h4-8,11,24,27H,3,9-10H2,1-2H3. The number of aromatic nitrogens is 2. The average Bonchev–Trinajstić information content (AvgIpc) is 2.74. The number of anilines is 2. The molecule has 30 heavy (non-hydrogen) atoms. The zero-order valence-corrected chi connectivity index (χ0v) is 18.5. The first kappa shape index (κ1) is 22.1. The molecule has 2 aromatic heterocycles. The molecule has 0 aliphatic carbocycles. The molecule has 0 saturated carbocycles. The Morgan fingerprint density at radius 2 is 2.17 bits per heavy atom. The van der Waals surface area contributed by atoms with E-state index in [9.17, 15) is 14.0 Å². The van der Waals surface area contributed by atoms with Gasteiger partial charge in [-0.2, -0.15) is 0 Å². The van der Waals surface area contributed by atoms with Crippen molar-refractivity contribution in [2.45, 2.75) is 6.92 Å². The fourth-order valence-corrected chi connectivity index (χ4v) is 3.43. The topological polar surface area (TPSA) is 96.7 Å². The molecule has 0 aliphatic rings. The van der Waals surface area contributed by atoms with E-state index in [-0.39, 0.29) is 53.3 Å². The van der Waals surface area contributed by atoms with Crippen molar-refractivity contribution < 1.29 is 19.1 Å². The van der Waals surface area contributed by atoms with Crippen LogP contribution in [0.3, 0.4) is 0 Å². The van der Waals surface area contributed by atoms with Crippen molar-refractivity contribution in [1.29, 1.82) is 0 Å². The normalized spacial score (nSPS) is 11.0. The molecule has 2 N–H and O–H groups in total. The second-order valence-electron chi connectivity index (χ2n) is 6.29. The van der Waals surface area contributed by atoms with Crippen LogP contribution >= 0.6 is 22.6 Å². The van der Waals surface area contributed by atoms with Gasteiger partial charge in [-0.05, 0) is 59.8 Å². The van der Waals surface area contributed by atoms with Gasteiger partial charge in [-0.1, -0.05) is 0 Å². The Morgan fingerprint density at radius 3 is 2.83 bits per heavy atom. The summed E-state index contributed by atoms with van der Waals surface area (Å²) in [5.74, 6) is -1.02. The van der Waals surface area contributed by atoms with Crippen LogP contribution < -0.4 is 10.9 Å². The number of carbonyl (C=O) groups excluding carboxylic acids is 1. The Kier molecular flexibility index (Phi) is 7.00.